The third-order valence-electron chi connectivity index (χ3n) is 7.38. The van der Waals surface area contributed by atoms with Crippen LogP contribution in [-0.4, -0.2) is 51.3 Å². The molecule has 0 spiro atoms. The lowest BCUT2D eigenvalue weighted by molar-refractivity contribution is 0.181. The van der Waals surface area contributed by atoms with Gasteiger partial charge in [-0.05, 0) is 31.7 Å². The lowest BCUT2D eigenvalue weighted by atomic mass is 9.88. The number of nitrogen functional groups attached to an aromatic ring is 1. The van der Waals surface area contributed by atoms with Crippen molar-refractivity contribution < 1.29 is 8.42 Å². The summed E-state index contributed by atoms with van der Waals surface area (Å²) in [6.07, 6.45) is 7.82. The Morgan fingerprint density at radius 2 is 1.75 bits per heavy atom. The molecule has 2 saturated heterocycles. The van der Waals surface area contributed by atoms with E-state index >= 15 is 0 Å². The first-order valence-electron chi connectivity index (χ1n) is 11.9. The highest BCUT2D eigenvalue weighted by Gasteiger charge is 2.46. The summed E-state index contributed by atoms with van der Waals surface area (Å²) >= 11 is 0. The minimum atomic E-state index is -3.66. The van der Waals surface area contributed by atoms with Gasteiger partial charge in [-0.1, -0.05) is 36.4 Å². The second-order valence-electron chi connectivity index (χ2n) is 9.61. The van der Waals surface area contributed by atoms with Crippen molar-refractivity contribution in [3.05, 3.63) is 72.1 Å². The maximum Gasteiger partial charge on any atom is 0.180 e. The van der Waals surface area contributed by atoms with E-state index in [1.54, 1.807) is 12.4 Å². The molecule has 3 atom stereocenters. The highest BCUT2D eigenvalue weighted by Crippen LogP contribution is 2.45. The van der Waals surface area contributed by atoms with Gasteiger partial charge in [-0.25, -0.2) is 13.4 Å². The zero-order valence-corrected chi connectivity index (χ0v) is 20.6. The Balaban J connectivity index is 1.47. The first kappa shape index (κ1) is 22.5. The number of fused-ring (bicyclic) bond motifs is 3. The highest BCUT2D eigenvalue weighted by atomic mass is 32.2. The summed E-state index contributed by atoms with van der Waals surface area (Å²) in [7, 11) is -3.66. The lowest BCUT2D eigenvalue weighted by Gasteiger charge is -2.31. The SMILES string of the molecule is [C-]#[N+]N1[C@@H]2CC[C@H]1CC(c1nc3c(-c4ccc(-c5ccccc5)nc4)cnn3c(N)c1S(C)(=O)=O)C2. The second kappa shape index (κ2) is 8.31. The van der Waals surface area contributed by atoms with Gasteiger partial charge in [0.15, 0.2) is 15.5 Å². The number of pyridine rings is 1. The predicted octanol–water partition coefficient (Wildman–Crippen LogP) is 3.99. The average Bonchev–Trinajstić information content (AvgIpc) is 3.41. The van der Waals surface area contributed by atoms with Crippen LogP contribution in [0.15, 0.2) is 59.8 Å². The normalized spacial score (nSPS) is 21.6. The molecular formula is C26H25N7O2S. The Hall–Kier alpha value is -3.97. The molecule has 0 radical (unpaired) electrons. The van der Waals surface area contributed by atoms with Crippen molar-refractivity contribution >= 4 is 21.3 Å². The number of hydrogen-bond acceptors (Lipinski definition) is 7. The Morgan fingerprint density at radius 3 is 2.36 bits per heavy atom. The fourth-order valence-corrected chi connectivity index (χ4v) is 6.81. The molecule has 10 heteroatoms. The summed E-state index contributed by atoms with van der Waals surface area (Å²) in [6, 6.07) is 14.0. The van der Waals surface area contributed by atoms with E-state index in [9.17, 15) is 8.42 Å². The molecule has 2 aliphatic heterocycles. The summed E-state index contributed by atoms with van der Waals surface area (Å²) in [6.45, 7) is 7.53. The van der Waals surface area contributed by atoms with Crippen molar-refractivity contribution in [2.45, 2.75) is 48.6 Å². The Labute approximate surface area is 209 Å². The van der Waals surface area contributed by atoms with E-state index in [0.717, 1.165) is 41.5 Å². The molecule has 1 unspecified atom stereocenters. The maximum atomic E-state index is 12.9. The van der Waals surface area contributed by atoms with E-state index in [2.05, 4.69) is 15.0 Å². The van der Waals surface area contributed by atoms with E-state index in [0.29, 0.717) is 24.2 Å². The molecule has 5 heterocycles. The third kappa shape index (κ3) is 3.58. The van der Waals surface area contributed by atoms with Gasteiger partial charge in [0.25, 0.3) is 0 Å². The fourth-order valence-electron chi connectivity index (χ4n) is 5.75. The van der Waals surface area contributed by atoms with E-state index in [4.69, 9.17) is 17.3 Å². The molecule has 2 fully saturated rings. The Kier molecular flexibility index (Phi) is 5.19. The molecule has 0 amide bonds. The molecule has 6 rings (SSSR count). The molecule has 2 aliphatic rings. The summed E-state index contributed by atoms with van der Waals surface area (Å²) in [4.78, 5) is 13.3. The summed E-state index contributed by atoms with van der Waals surface area (Å²) in [5.41, 5.74) is 10.9. The quantitative estimate of drug-likeness (QED) is 0.423. The lowest BCUT2D eigenvalue weighted by Crippen LogP contribution is -2.38. The van der Waals surface area contributed by atoms with Crippen molar-refractivity contribution in [1.82, 2.24) is 24.6 Å². The molecule has 4 aromatic rings. The van der Waals surface area contributed by atoms with Gasteiger partial charge in [-0.15, -0.1) is 5.01 Å². The van der Waals surface area contributed by atoms with Crippen molar-refractivity contribution in [3.63, 3.8) is 0 Å². The first-order chi connectivity index (χ1) is 17.3. The van der Waals surface area contributed by atoms with E-state index in [1.165, 1.54) is 4.52 Å². The molecule has 36 heavy (non-hydrogen) atoms. The van der Waals surface area contributed by atoms with Crippen LogP contribution in [0.5, 0.6) is 0 Å². The zero-order chi connectivity index (χ0) is 25.0. The number of sulfone groups is 1. The first-order valence-corrected chi connectivity index (χ1v) is 13.8. The van der Waals surface area contributed by atoms with Gasteiger partial charge in [0.05, 0.1) is 29.7 Å². The number of aromatic nitrogens is 4. The van der Waals surface area contributed by atoms with Crippen molar-refractivity contribution in [3.8, 4) is 22.4 Å². The molecule has 2 N–H and O–H groups in total. The van der Waals surface area contributed by atoms with Gasteiger partial charge in [0.1, 0.15) is 10.7 Å². The molecular weight excluding hydrogens is 474 g/mol. The van der Waals surface area contributed by atoms with E-state index < -0.39 is 9.84 Å². The molecule has 0 aliphatic carbocycles. The third-order valence-corrected chi connectivity index (χ3v) is 8.54. The van der Waals surface area contributed by atoms with Gasteiger partial charge in [0, 0.05) is 35.1 Å². The Bertz CT molecular complexity index is 1590. The van der Waals surface area contributed by atoms with Crippen molar-refractivity contribution in [2.24, 2.45) is 0 Å². The van der Waals surface area contributed by atoms with Crippen LogP contribution in [0.4, 0.5) is 5.82 Å². The van der Waals surface area contributed by atoms with Gasteiger partial charge >= 0.3 is 0 Å². The fraction of sp³-hybridized carbons (Fsp3) is 0.308. The largest absolute Gasteiger partial charge is 0.382 e. The molecule has 9 nitrogen and oxygen atoms in total. The number of rotatable bonds is 4. The number of hydrogen-bond donors (Lipinski definition) is 1. The highest BCUT2D eigenvalue weighted by molar-refractivity contribution is 7.91. The van der Waals surface area contributed by atoms with Gasteiger partial charge < -0.3 is 5.73 Å². The average molecular weight is 500 g/mol. The summed E-state index contributed by atoms with van der Waals surface area (Å²) < 4.78 is 27.2. The molecule has 1 aromatic carbocycles. The number of nitrogens with zero attached hydrogens (tertiary/aromatic N) is 6. The van der Waals surface area contributed by atoms with E-state index in [-0.39, 0.29) is 28.7 Å². The second-order valence-corrected chi connectivity index (χ2v) is 11.6. The van der Waals surface area contributed by atoms with Crippen LogP contribution < -0.4 is 5.73 Å². The van der Waals surface area contributed by atoms with Crippen LogP contribution in [0.2, 0.25) is 0 Å². The van der Waals surface area contributed by atoms with Crippen LogP contribution in [0.3, 0.4) is 0 Å². The smallest absolute Gasteiger partial charge is 0.180 e. The number of benzene rings is 1. The Morgan fingerprint density at radius 1 is 1.03 bits per heavy atom. The van der Waals surface area contributed by atoms with Crippen LogP contribution in [0, 0.1) is 6.57 Å². The molecule has 0 saturated carbocycles. The molecule has 2 bridgehead atoms. The van der Waals surface area contributed by atoms with Crippen molar-refractivity contribution in [2.75, 3.05) is 12.0 Å². The van der Waals surface area contributed by atoms with Crippen LogP contribution >= 0.6 is 0 Å². The van der Waals surface area contributed by atoms with Gasteiger partial charge in [-0.3, -0.25) is 4.98 Å². The topological polar surface area (TPSA) is 111 Å². The minimum absolute atomic E-state index is 0.0443. The van der Waals surface area contributed by atoms with Crippen molar-refractivity contribution in [1.29, 1.82) is 0 Å². The maximum absolute atomic E-state index is 12.9. The summed E-state index contributed by atoms with van der Waals surface area (Å²) in [5, 5.41) is 6.24. The number of piperidine rings is 1. The zero-order valence-electron chi connectivity index (χ0n) is 19.7. The summed E-state index contributed by atoms with van der Waals surface area (Å²) in [5.74, 6) is -0.0311. The monoisotopic (exact) mass is 499 g/mol. The van der Waals surface area contributed by atoms with Crippen LogP contribution in [-0.2, 0) is 9.84 Å². The predicted molar refractivity (Wildman–Crippen MR) is 136 cm³/mol. The molecule has 182 valence electrons. The number of anilines is 1. The molecule has 3 aromatic heterocycles. The van der Waals surface area contributed by atoms with Gasteiger partial charge in [0.2, 0.25) is 0 Å². The van der Waals surface area contributed by atoms with E-state index in [1.807, 2.05) is 47.5 Å². The van der Waals surface area contributed by atoms with Crippen LogP contribution in [0.1, 0.15) is 37.3 Å². The minimum Gasteiger partial charge on any atom is -0.382 e. The number of nitrogens with two attached hydrogens (primary N) is 1. The van der Waals surface area contributed by atoms with Gasteiger partial charge in [-0.2, -0.15) is 21.1 Å². The van der Waals surface area contributed by atoms with Crippen LogP contribution in [0.25, 0.3) is 33.0 Å². The standard InChI is InChI=1S/C26H25N7O2S/c1-28-32-19-9-10-20(32)13-18(12-19)23-24(36(2,34)35)25(27)33-26(31-23)21(15-30-33)17-8-11-22(29-14-17)16-6-4-3-5-7-16/h3-8,11,14-15,18-20H,9-10,12-13,27H2,2H3/t18?,19-,20+.